The fourth-order valence-corrected chi connectivity index (χ4v) is 2.09. The molecular weight excluding hydrogens is 338 g/mol. The minimum absolute atomic E-state index is 0.413. The van der Waals surface area contributed by atoms with E-state index in [1.165, 1.54) is 6.33 Å². The summed E-state index contributed by atoms with van der Waals surface area (Å²) in [5.41, 5.74) is 0. The molecule has 2 rings (SSSR count). The fourth-order valence-electron chi connectivity index (χ4n) is 1.67. The molecule has 0 unspecified atom stereocenters. The average molecular weight is 354 g/mol. The predicted molar refractivity (Wildman–Crippen MR) is 83.5 cm³/mol. The highest BCUT2D eigenvalue weighted by atomic mass is 79.9. The molecule has 0 bridgehead atoms. The van der Waals surface area contributed by atoms with Crippen molar-refractivity contribution < 1.29 is 14.2 Å². The van der Waals surface area contributed by atoms with Crippen molar-refractivity contribution in [1.29, 1.82) is 0 Å². The number of rotatable bonds is 6. The summed E-state index contributed by atoms with van der Waals surface area (Å²) in [4.78, 5) is 8.26. The Hall–Kier alpha value is -2.02. The van der Waals surface area contributed by atoms with Gasteiger partial charge < -0.3 is 19.5 Å². The zero-order valence-electron chi connectivity index (χ0n) is 12.0. The van der Waals surface area contributed by atoms with Crippen molar-refractivity contribution in [2.75, 3.05) is 26.1 Å². The van der Waals surface area contributed by atoms with Gasteiger partial charge in [-0.05, 0) is 22.9 Å². The summed E-state index contributed by atoms with van der Waals surface area (Å²) in [6.07, 6.45) is 1.44. The quantitative estimate of drug-likeness (QED) is 0.857. The molecule has 0 radical (unpaired) electrons. The minimum atomic E-state index is 0.413. The van der Waals surface area contributed by atoms with Gasteiger partial charge in [-0.15, -0.1) is 0 Å². The number of benzene rings is 1. The van der Waals surface area contributed by atoms with Gasteiger partial charge in [-0.1, -0.05) is 0 Å². The van der Waals surface area contributed by atoms with Crippen molar-refractivity contribution in [3.63, 3.8) is 0 Å². The third kappa shape index (κ3) is 3.75. The van der Waals surface area contributed by atoms with Gasteiger partial charge in [0.25, 0.3) is 0 Å². The van der Waals surface area contributed by atoms with Crippen LogP contribution in [0.2, 0.25) is 0 Å². The van der Waals surface area contributed by atoms with Crippen molar-refractivity contribution in [3.8, 4) is 23.1 Å². The van der Waals surface area contributed by atoms with Gasteiger partial charge in [0.05, 0.1) is 14.2 Å². The number of hydrogen-bond acceptors (Lipinski definition) is 6. The van der Waals surface area contributed by atoms with Gasteiger partial charge in [-0.3, -0.25) is 0 Å². The highest BCUT2D eigenvalue weighted by Crippen LogP contribution is 2.35. The van der Waals surface area contributed by atoms with E-state index < -0.39 is 0 Å². The number of nitrogens with one attached hydrogen (secondary N) is 1. The molecule has 0 atom stereocenters. The van der Waals surface area contributed by atoms with E-state index >= 15 is 0 Å². The van der Waals surface area contributed by atoms with E-state index in [2.05, 4.69) is 31.2 Å². The van der Waals surface area contributed by atoms with E-state index in [9.17, 15) is 0 Å². The van der Waals surface area contributed by atoms with Crippen LogP contribution in [0.25, 0.3) is 0 Å². The molecule has 0 saturated heterocycles. The van der Waals surface area contributed by atoms with Crippen LogP contribution < -0.4 is 19.5 Å². The topological polar surface area (TPSA) is 65.5 Å². The molecule has 1 N–H and O–H groups in total. The van der Waals surface area contributed by atoms with E-state index in [0.717, 1.165) is 6.54 Å². The molecule has 7 heteroatoms. The highest BCUT2D eigenvalue weighted by molar-refractivity contribution is 9.10. The smallest absolute Gasteiger partial charge is 0.238 e. The van der Waals surface area contributed by atoms with Crippen molar-refractivity contribution in [2.45, 2.75) is 6.92 Å². The summed E-state index contributed by atoms with van der Waals surface area (Å²) in [5, 5.41) is 3.12. The largest absolute Gasteiger partial charge is 0.496 e. The first-order valence-electron chi connectivity index (χ1n) is 6.33. The van der Waals surface area contributed by atoms with Crippen LogP contribution in [0, 0.1) is 0 Å². The molecule has 2 aromatic rings. The van der Waals surface area contributed by atoms with Crippen LogP contribution in [0.5, 0.6) is 23.1 Å². The van der Waals surface area contributed by atoms with Crippen LogP contribution in [-0.2, 0) is 0 Å². The number of hydrogen-bond donors (Lipinski definition) is 1. The van der Waals surface area contributed by atoms with Crippen LogP contribution in [0.15, 0.2) is 29.0 Å². The lowest BCUT2D eigenvalue weighted by Crippen LogP contribution is -2.02. The Labute approximate surface area is 131 Å². The van der Waals surface area contributed by atoms with E-state index in [1.54, 1.807) is 32.4 Å². The van der Waals surface area contributed by atoms with Crippen LogP contribution in [0.3, 0.4) is 0 Å². The maximum absolute atomic E-state index is 5.78. The van der Waals surface area contributed by atoms with Gasteiger partial charge in [-0.2, -0.15) is 0 Å². The van der Waals surface area contributed by atoms with Crippen molar-refractivity contribution in [2.24, 2.45) is 0 Å². The summed E-state index contributed by atoms with van der Waals surface area (Å²) in [5.74, 6) is 2.93. The molecule has 21 heavy (non-hydrogen) atoms. The number of nitrogens with zero attached hydrogens (tertiary/aromatic N) is 2. The Kier molecular flexibility index (Phi) is 5.21. The SMILES string of the molecule is CCNc1ncnc(Oc2cc(OC)cc(OC)c2)c1Br. The Morgan fingerprint density at radius 2 is 1.67 bits per heavy atom. The highest BCUT2D eigenvalue weighted by Gasteiger charge is 2.11. The molecule has 1 heterocycles. The summed E-state index contributed by atoms with van der Waals surface area (Å²) in [6.45, 7) is 2.74. The molecule has 0 saturated carbocycles. The summed E-state index contributed by atoms with van der Waals surface area (Å²) >= 11 is 3.44. The van der Waals surface area contributed by atoms with Gasteiger partial charge >= 0.3 is 0 Å². The predicted octanol–water partition coefficient (Wildman–Crippen LogP) is 3.48. The van der Waals surface area contributed by atoms with E-state index in [-0.39, 0.29) is 0 Å². The molecule has 0 amide bonds. The van der Waals surface area contributed by atoms with E-state index in [1.807, 2.05) is 6.92 Å². The van der Waals surface area contributed by atoms with Gasteiger partial charge in [-0.25, -0.2) is 9.97 Å². The molecule has 0 aliphatic rings. The van der Waals surface area contributed by atoms with Gasteiger partial charge in [0, 0.05) is 24.7 Å². The Morgan fingerprint density at radius 3 is 2.24 bits per heavy atom. The first-order chi connectivity index (χ1) is 10.2. The van der Waals surface area contributed by atoms with E-state index in [4.69, 9.17) is 14.2 Å². The van der Waals surface area contributed by atoms with Crippen LogP contribution in [0.1, 0.15) is 6.92 Å². The number of aromatic nitrogens is 2. The lowest BCUT2D eigenvalue weighted by molar-refractivity contribution is 0.384. The molecule has 0 aliphatic heterocycles. The normalized spacial score (nSPS) is 10.1. The minimum Gasteiger partial charge on any atom is -0.496 e. The number of anilines is 1. The van der Waals surface area contributed by atoms with Crippen molar-refractivity contribution in [1.82, 2.24) is 9.97 Å². The third-order valence-electron chi connectivity index (χ3n) is 2.64. The third-order valence-corrected chi connectivity index (χ3v) is 3.36. The Balaban J connectivity index is 2.31. The molecule has 1 aromatic carbocycles. The first-order valence-corrected chi connectivity index (χ1v) is 7.12. The average Bonchev–Trinajstić information content (AvgIpc) is 2.51. The lowest BCUT2D eigenvalue weighted by atomic mass is 10.3. The summed E-state index contributed by atoms with van der Waals surface area (Å²) < 4.78 is 16.9. The Morgan fingerprint density at radius 1 is 1.05 bits per heavy atom. The molecule has 0 fully saturated rings. The standard InChI is InChI=1S/C14H16BrN3O3/c1-4-16-13-12(15)14(18-8-17-13)21-11-6-9(19-2)5-10(7-11)20-3/h5-8H,4H2,1-3H3,(H,16,17,18). The molecule has 0 spiro atoms. The molecule has 1 aromatic heterocycles. The second kappa shape index (κ2) is 7.12. The van der Waals surface area contributed by atoms with Crippen LogP contribution >= 0.6 is 15.9 Å². The maximum Gasteiger partial charge on any atom is 0.238 e. The fraction of sp³-hybridized carbons (Fsp3) is 0.286. The maximum atomic E-state index is 5.78. The molecule has 0 aliphatic carbocycles. The molecule has 112 valence electrons. The van der Waals surface area contributed by atoms with E-state index in [0.29, 0.717) is 33.4 Å². The lowest BCUT2D eigenvalue weighted by Gasteiger charge is -2.12. The van der Waals surface area contributed by atoms with Gasteiger partial charge in [0.2, 0.25) is 5.88 Å². The first kappa shape index (κ1) is 15.4. The van der Waals surface area contributed by atoms with Crippen molar-refractivity contribution >= 4 is 21.7 Å². The summed E-state index contributed by atoms with van der Waals surface area (Å²) in [6, 6.07) is 5.28. The molecule has 6 nitrogen and oxygen atoms in total. The second-order valence-corrected chi connectivity index (χ2v) is 4.82. The van der Waals surface area contributed by atoms with Crippen molar-refractivity contribution in [3.05, 3.63) is 29.0 Å². The Bertz CT molecular complexity index is 600. The van der Waals surface area contributed by atoms with Crippen LogP contribution in [0.4, 0.5) is 5.82 Å². The zero-order valence-corrected chi connectivity index (χ0v) is 13.6. The summed E-state index contributed by atoms with van der Waals surface area (Å²) in [7, 11) is 3.17. The van der Waals surface area contributed by atoms with Crippen LogP contribution in [-0.4, -0.2) is 30.7 Å². The number of halogens is 1. The number of ether oxygens (including phenoxy) is 3. The monoisotopic (exact) mass is 353 g/mol. The second-order valence-electron chi connectivity index (χ2n) is 4.02. The number of methoxy groups -OCH3 is 2. The van der Waals surface area contributed by atoms with Gasteiger partial charge in [0.1, 0.15) is 33.9 Å². The van der Waals surface area contributed by atoms with Gasteiger partial charge in [0.15, 0.2) is 0 Å². The molecular formula is C14H16BrN3O3. The zero-order chi connectivity index (χ0) is 15.2.